The van der Waals surface area contributed by atoms with Crippen molar-refractivity contribution in [3.8, 4) is 0 Å². The van der Waals surface area contributed by atoms with Crippen molar-refractivity contribution in [2.45, 2.75) is 32.6 Å². The number of benzene rings is 4. The molecule has 204 valence electrons. The van der Waals surface area contributed by atoms with E-state index in [-0.39, 0.29) is 11.4 Å². The number of fused-ring (bicyclic) bond motifs is 1. The number of aromatic amines is 1. The average Bonchev–Trinajstić information content (AvgIpc) is 3.43. The Kier molecular flexibility index (Phi) is 7.47. The van der Waals surface area contributed by atoms with E-state index in [2.05, 4.69) is 37.5 Å². The van der Waals surface area contributed by atoms with E-state index in [0.717, 1.165) is 33.2 Å². The zero-order valence-corrected chi connectivity index (χ0v) is 22.6. The SMILES string of the molecule is Cc1cccc2cc(C(c3nnnn3Cc3ccccc3)N(Cc3ccccc3)Cc3ccc(F)cc3)c(=O)[nH]c12. The summed E-state index contributed by atoms with van der Waals surface area (Å²) in [6.07, 6.45) is 0. The second-order valence-electron chi connectivity index (χ2n) is 10.2. The lowest BCUT2D eigenvalue weighted by molar-refractivity contribution is 0.194. The summed E-state index contributed by atoms with van der Waals surface area (Å²) in [5, 5.41) is 13.8. The van der Waals surface area contributed by atoms with Gasteiger partial charge in [-0.2, -0.15) is 0 Å². The lowest BCUT2D eigenvalue weighted by Crippen LogP contribution is -2.35. The number of pyridine rings is 1. The Bertz CT molecular complexity index is 1820. The van der Waals surface area contributed by atoms with Gasteiger partial charge in [0.25, 0.3) is 5.56 Å². The molecule has 0 fully saturated rings. The molecule has 1 N–H and O–H groups in total. The molecule has 41 heavy (non-hydrogen) atoms. The van der Waals surface area contributed by atoms with Crippen molar-refractivity contribution in [3.63, 3.8) is 0 Å². The van der Waals surface area contributed by atoms with Crippen LogP contribution in [0, 0.1) is 12.7 Å². The first-order valence-electron chi connectivity index (χ1n) is 13.5. The van der Waals surface area contributed by atoms with Crippen LogP contribution in [0.15, 0.2) is 114 Å². The number of nitrogens with zero attached hydrogens (tertiary/aromatic N) is 5. The minimum atomic E-state index is -0.604. The van der Waals surface area contributed by atoms with Gasteiger partial charge in [-0.05, 0) is 63.2 Å². The number of para-hydroxylation sites is 1. The molecule has 0 amide bonds. The molecule has 0 aliphatic carbocycles. The summed E-state index contributed by atoms with van der Waals surface area (Å²) in [4.78, 5) is 19.1. The van der Waals surface area contributed by atoms with Crippen molar-refractivity contribution in [1.82, 2.24) is 30.1 Å². The van der Waals surface area contributed by atoms with Crippen LogP contribution in [0.2, 0.25) is 0 Å². The average molecular weight is 545 g/mol. The summed E-state index contributed by atoms with van der Waals surface area (Å²) >= 11 is 0. The molecule has 0 saturated carbocycles. The van der Waals surface area contributed by atoms with Crippen LogP contribution >= 0.6 is 0 Å². The maximum Gasteiger partial charge on any atom is 0.253 e. The Morgan fingerprint density at radius 2 is 1.49 bits per heavy atom. The van der Waals surface area contributed by atoms with Crippen LogP contribution in [0.4, 0.5) is 4.39 Å². The Hall–Kier alpha value is -4.95. The van der Waals surface area contributed by atoms with Gasteiger partial charge < -0.3 is 4.98 Å². The maximum atomic E-state index is 13.8. The molecule has 0 aliphatic heterocycles. The van der Waals surface area contributed by atoms with Crippen LogP contribution < -0.4 is 5.56 Å². The number of H-pyrrole nitrogens is 1. The van der Waals surface area contributed by atoms with Crippen molar-refractivity contribution < 1.29 is 4.39 Å². The number of nitrogens with one attached hydrogen (secondary N) is 1. The van der Waals surface area contributed by atoms with Gasteiger partial charge in [0.1, 0.15) is 11.9 Å². The Morgan fingerprint density at radius 1 is 0.829 bits per heavy atom. The van der Waals surface area contributed by atoms with Gasteiger partial charge in [0, 0.05) is 18.7 Å². The third-order valence-corrected chi connectivity index (χ3v) is 7.28. The second-order valence-corrected chi connectivity index (χ2v) is 10.2. The smallest absolute Gasteiger partial charge is 0.253 e. The Balaban J connectivity index is 1.53. The molecule has 0 aliphatic rings. The minimum Gasteiger partial charge on any atom is -0.321 e. The van der Waals surface area contributed by atoms with Crippen LogP contribution in [-0.4, -0.2) is 30.1 Å². The highest BCUT2D eigenvalue weighted by Crippen LogP contribution is 2.31. The zero-order chi connectivity index (χ0) is 28.2. The van der Waals surface area contributed by atoms with E-state index in [1.54, 1.807) is 16.8 Å². The van der Waals surface area contributed by atoms with Crippen molar-refractivity contribution in [2.75, 3.05) is 0 Å². The quantitative estimate of drug-likeness (QED) is 0.249. The van der Waals surface area contributed by atoms with Crippen LogP contribution in [0.25, 0.3) is 10.9 Å². The number of hydrogen-bond acceptors (Lipinski definition) is 5. The van der Waals surface area contributed by atoms with E-state index in [0.29, 0.717) is 31.0 Å². The molecule has 0 spiro atoms. The first-order valence-corrected chi connectivity index (χ1v) is 13.5. The molecule has 2 aromatic heterocycles. The van der Waals surface area contributed by atoms with E-state index < -0.39 is 6.04 Å². The number of aryl methyl sites for hydroxylation is 1. The summed E-state index contributed by atoms with van der Waals surface area (Å²) in [5.74, 6) is 0.248. The lowest BCUT2D eigenvalue weighted by Gasteiger charge is -2.31. The maximum absolute atomic E-state index is 13.8. The van der Waals surface area contributed by atoms with Crippen LogP contribution in [0.1, 0.15) is 39.7 Å². The molecule has 8 heteroatoms. The molecule has 4 aromatic carbocycles. The Labute approximate surface area is 236 Å². The fraction of sp³-hybridized carbons (Fsp3) is 0.152. The number of halogens is 1. The summed E-state index contributed by atoms with van der Waals surface area (Å²) in [7, 11) is 0. The summed E-state index contributed by atoms with van der Waals surface area (Å²) in [6.45, 7) is 3.36. The van der Waals surface area contributed by atoms with Crippen molar-refractivity contribution in [2.24, 2.45) is 0 Å². The van der Waals surface area contributed by atoms with Crippen LogP contribution in [0.5, 0.6) is 0 Å². The van der Waals surface area contributed by atoms with Crippen molar-refractivity contribution in [3.05, 3.63) is 159 Å². The first-order chi connectivity index (χ1) is 20.0. The van der Waals surface area contributed by atoms with Gasteiger partial charge in [0.05, 0.1) is 12.1 Å². The van der Waals surface area contributed by atoms with Gasteiger partial charge in [-0.3, -0.25) is 9.69 Å². The number of tetrazole rings is 1. The molecular formula is C33H29FN6O. The summed E-state index contributed by atoms with van der Waals surface area (Å²) < 4.78 is 15.6. The molecule has 0 radical (unpaired) electrons. The highest BCUT2D eigenvalue weighted by Gasteiger charge is 2.31. The second kappa shape index (κ2) is 11.7. The Morgan fingerprint density at radius 3 is 2.20 bits per heavy atom. The molecule has 1 unspecified atom stereocenters. The highest BCUT2D eigenvalue weighted by molar-refractivity contribution is 5.82. The standard InChI is InChI=1S/C33H29FN6O/c1-23-9-8-14-27-19-29(33(41)35-30(23)27)31(32-36-37-38-40(32)22-25-12-6-3-7-13-25)39(20-24-10-4-2-5-11-24)21-26-15-17-28(34)18-16-26/h2-19,31H,20-22H2,1H3,(H,35,41). The minimum absolute atomic E-state index is 0.205. The molecule has 1 atom stereocenters. The largest absolute Gasteiger partial charge is 0.321 e. The predicted molar refractivity (Wildman–Crippen MR) is 157 cm³/mol. The van der Waals surface area contributed by atoms with E-state index in [1.807, 2.05) is 79.7 Å². The van der Waals surface area contributed by atoms with Crippen molar-refractivity contribution in [1.29, 1.82) is 0 Å². The van der Waals surface area contributed by atoms with Crippen molar-refractivity contribution >= 4 is 10.9 Å². The summed E-state index contributed by atoms with van der Waals surface area (Å²) in [5.41, 5.74) is 5.13. The predicted octanol–water partition coefficient (Wildman–Crippen LogP) is 5.80. The third kappa shape index (κ3) is 5.83. The fourth-order valence-corrected chi connectivity index (χ4v) is 5.26. The van der Waals surface area contributed by atoms with E-state index in [9.17, 15) is 9.18 Å². The van der Waals surface area contributed by atoms with E-state index >= 15 is 0 Å². The lowest BCUT2D eigenvalue weighted by atomic mass is 10.0. The van der Waals surface area contributed by atoms with Crippen LogP contribution in [-0.2, 0) is 19.6 Å². The number of hydrogen-bond donors (Lipinski definition) is 1. The topological polar surface area (TPSA) is 79.7 Å². The number of rotatable bonds is 9. The fourth-order valence-electron chi connectivity index (χ4n) is 5.26. The number of aromatic nitrogens is 5. The third-order valence-electron chi connectivity index (χ3n) is 7.28. The van der Waals surface area contributed by atoms with Gasteiger partial charge in [-0.15, -0.1) is 5.10 Å². The van der Waals surface area contributed by atoms with Crippen LogP contribution in [0.3, 0.4) is 0 Å². The molecular weight excluding hydrogens is 515 g/mol. The molecule has 7 nitrogen and oxygen atoms in total. The zero-order valence-electron chi connectivity index (χ0n) is 22.6. The monoisotopic (exact) mass is 544 g/mol. The normalized spacial score (nSPS) is 12.2. The summed E-state index contributed by atoms with van der Waals surface area (Å²) in [6, 6.07) is 33.8. The van der Waals surface area contributed by atoms with E-state index in [1.165, 1.54) is 12.1 Å². The van der Waals surface area contributed by atoms with E-state index in [4.69, 9.17) is 0 Å². The van der Waals surface area contributed by atoms with Gasteiger partial charge >= 0.3 is 0 Å². The molecule has 6 rings (SSSR count). The molecule has 6 aromatic rings. The van der Waals surface area contributed by atoms with Gasteiger partial charge in [0.15, 0.2) is 5.82 Å². The van der Waals surface area contributed by atoms with Gasteiger partial charge in [-0.1, -0.05) is 91.0 Å². The molecule has 0 saturated heterocycles. The molecule has 2 heterocycles. The first kappa shape index (κ1) is 26.3. The van der Waals surface area contributed by atoms with Gasteiger partial charge in [0.2, 0.25) is 0 Å². The van der Waals surface area contributed by atoms with Gasteiger partial charge in [-0.25, -0.2) is 9.07 Å². The molecule has 0 bridgehead atoms. The highest BCUT2D eigenvalue weighted by atomic mass is 19.1.